The zero-order valence-corrected chi connectivity index (χ0v) is 10.3. The minimum absolute atomic E-state index is 0.110. The van der Waals surface area contributed by atoms with E-state index in [1.54, 1.807) is 4.90 Å². The fourth-order valence-electron chi connectivity index (χ4n) is 1.62. The SMILES string of the molecule is CN(C(=O)CCC(=O)NO)C(=O)N1CCNCC1. The molecule has 0 atom stereocenters. The molecule has 8 nitrogen and oxygen atoms in total. The highest BCUT2D eigenvalue weighted by Gasteiger charge is 2.24. The topological polar surface area (TPSA) is 102 Å². The average Bonchev–Trinajstić information content (AvgIpc) is 2.43. The van der Waals surface area contributed by atoms with Gasteiger partial charge < -0.3 is 10.2 Å². The number of urea groups is 1. The number of carbonyl (C=O) groups excluding carboxylic acids is 3. The van der Waals surface area contributed by atoms with Crippen LogP contribution >= 0.6 is 0 Å². The third-order valence-electron chi connectivity index (χ3n) is 2.74. The Kier molecular flexibility index (Phi) is 5.53. The second-order valence-corrected chi connectivity index (χ2v) is 4.01. The molecule has 3 N–H and O–H groups in total. The molecule has 1 aliphatic heterocycles. The molecule has 0 unspecified atom stereocenters. The molecule has 0 spiro atoms. The first-order chi connectivity index (χ1) is 8.56. The van der Waals surface area contributed by atoms with Crippen LogP contribution < -0.4 is 10.8 Å². The summed E-state index contributed by atoms with van der Waals surface area (Å²) >= 11 is 0. The Morgan fingerprint density at radius 1 is 1.28 bits per heavy atom. The standard InChI is InChI=1S/C10H18N4O4/c1-13(9(16)3-2-8(15)12-18)10(17)14-6-4-11-5-7-14/h11,18H,2-7H2,1H3,(H,12,15). The number of carbonyl (C=O) groups is 3. The predicted molar refractivity (Wildman–Crippen MR) is 61.8 cm³/mol. The Bertz CT molecular complexity index is 328. The first kappa shape index (κ1) is 14.4. The lowest BCUT2D eigenvalue weighted by molar-refractivity contribution is -0.134. The maximum absolute atomic E-state index is 11.9. The third-order valence-corrected chi connectivity index (χ3v) is 2.74. The first-order valence-corrected chi connectivity index (χ1v) is 5.75. The highest BCUT2D eigenvalue weighted by Crippen LogP contribution is 2.03. The minimum atomic E-state index is -0.647. The van der Waals surface area contributed by atoms with E-state index in [0.29, 0.717) is 26.2 Å². The first-order valence-electron chi connectivity index (χ1n) is 5.75. The Morgan fingerprint density at radius 3 is 2.44 bits per heavy atom. The molecule has 1 saturated heterocycles. The van der Waals surface area contributed by atoms with Gasteiger partial charge in [0.05, 0.1) is 0 Å². The predicted octanol–water partition coefficient (Wildman–Crippen LogP) is -1.24. The van der Waals surface area contributed by atoms with Crippen molar-refractivity contribution in [2.24, 2.45) is 0 Å². The van der Waals surface area contributed by atoms with Gasteiger partial charge in [-0.05, 0) is 0 Å². The van der Waals surface area contributed by atoms with Gasteiger partial charge in [-0.1, -0.05) is 0 Å². The van der Waals surface area contributed by atoms with Crippen molar-refractivity contribution in [3.05, 3.63) is 0 Å². The molecule has 1 aliphatic rings. The Balaban J connectivity index is 2.41. The molecule has 1 fully saturated rings. The maximum Gasteiger partial charge on any atom is 0.326 e. The lowest BCUT2D eigenvalue weighted by Crippen LogP contribution is -2.51. The molecule has 102 valence electrons. The zero-order valence-electron chi connectivity index (χ0n) is 10.3. The average molecular weight is 258 g/mol. The van der Waals surface area contributed by atoms with E-state index < -0.39 is 11.8 Å². The molecule has 18 heavy (non-hydrogen) atoms. The van der Waals surface area contributed by atoms with Crippen LogP contribution in [0.3, 0.4) is 0 Å². The van der Waals surface area contributed by atoms with Gasteiger partial charge in [0.15, 0.2) is 0 Å². The molecule has 1 heterocycles. The molecule has 0 aromatic rings. The molecule has 8 heteroatoms. The van der Waals surface area contributed by atoms with E-state index in [9.17, 15) is 14.4 Å². The molecule has 0 aromatic carbocycles. The summed E-state index contributed by atoms with van der Waals surface area (Å²) in [5.74, 6) is -1.09. The molecule has 0 aliphatic carbocycles. The van der Waals surface area contributed by atoms with Crippen LogP contribution in [-0.4, -0.2) is 66.1 Å². The highest BCUT2D eigenvalue weighted by molar-refractivity contribution is 5.95. The van der Waals surface area contributed by atoms with Crippen molar-refractivity contribution >= 4 is 17.8 Å². The van der Waals surface area contributed by atoms with E-state index in [1.807, 2.05) is 0 Å². The largest absolute Gasteiger partial charge is 0.326 e. The Morgan fingerprint density at radius 2 is 1.89 bits per heavy atom. The van der Waals surface area contributed by atoms with Crippen LogP contribution in [0.15, 0.2) is 0 Å². The molecule has 0 radical (unpaired) electrons. The van der Waals surface area contributed by atoms with Gasteiger partial charge in [-0.25, -0.2) is 10.3 Å². The van der Waals surface area contributed by atoms with Gasteiger partial charge in [0.25, 0.3) is 0 Å². The zero-order chi connectivity index (χ0) is 13.5. The van der Waals surface area contributed by atoms with Crippen LogP contribution in [0.1, 0.15) is 12.8 Å². The normalized spacial score (nSPS) is 15.1. The number of rotatable bonds is 3. The molecular weight excluding hydrogens is 240 g/mol. The number of nitrogens with zero attached hydrogens (tertiary/aromatic N) is 2. The van der Waals surface area contributed by atoms with Crippen LogP contribution in [0.25, 0.3) is 0 Å². The van der Waals surface area contributed by atoms with Gasteiger partial charge in [0.2, 0.25) is 11.8 Å². The number of piperazine rings is 1. The fourth-order valence-corrected chi connectivity index (χ4v) is 1.62. The Labute approximate surface area is 105 Å². The molecule has 0 bridgehead atoms. The van der Waals surface area contributed by atoms with Crippen molar-refractivity contribution in [3.63, 3.8) is 0 Å². The van der Waals surface area contributed by atoms with Gasteiger partial charge in [0.1, 0.15) is 0 Å². The summed E-state index contributed by atoms with van der Waals surface area (Å²) in [6.45, 7) is 2.54. The van der Waals surface area contributed by atoms with Crippen LogP contribution in [-0.2, 0) is 9.59 Å². The van der Waals surface area contributed by atoms with Crippen molar-refractivity contribution in [3.8, 4) is 0 Å². The lowest BCUT2D eigenvalue weighted by atomic mass is 10.2. The summed E-state index contributed by atoms with van der Waals surface area (Å²) in [6, 6.07) is -0.356. The van der Waals surface area contributed by atoms with Gasteiger partial charge in [-0.3, -0.25) is 19.7 Å². The van der Waals surface area contributed by atoms with E-state index >= 15 is 0 Å². The molecular formula is C10H18N4O4. The summed E-state index contributed by atoms with van der Waals surface area (Å²) in [5, 5.41) is 11.4. The lowest BCUT2D eigenvalue weighted by Gasteiger charge is -2.30. The van der Waals surface area contributed by atoms with Crippen molar-refractivity contribution < 1.29 is 19.6 Å². The van der Waals surface area contributed by atoms with Gasteiger partial charge in [0, 0.05) is 46.1 Å². The van der Waals surface area contributed by atoms with Crippen LogP contribution in [0, 0.1) is 0 Å². The highest BCUT2D eigenvalue weighted by atomic mass is 16.5. The summed E-state index contributed by atoms with van der Waals surface area (Å²) in [7, 11) is 1.39. The van der Waals surface area contributed by atoms with Crippen molar-refractivity contribution in [1.82, 2.24) is 20.6 Å². The second kappa shape index (κ2) is 6.92. The second-order valence-electron chi connectivity index (χ2n) is 4.01. The van der Waals surface area contributed by atoms with E-state index in [0.717, 1.165) is 4.90 Å². The number of hydrogen-bond acceptors (Lipinski definition) is 5. The number of imide groups is 1. The smallest absolute Gasteiger partial charge is 0.322 e. The summed E-state index contributed by atoms with van der Waals surface area (Å²) < 4.78 is 0. The van der Waals surface area contributed by atoms with Crippen molar-refractivity contribution in [2.45, 2.75) is 12.8 Å². The monoisotopic (exact) mass is 258 g/mol. The number of hydroxylamine groups is 1. The van der Waals surface area contributed by atoms with E-state index in [4.69, 9.17) is 5.21 Å². The minimum Gasteiger partial charge on any atom is -0.322 e. The van der Waals surface area contributed by atoms with Gasteiger partial charge >= 0.3 is 6.03 Å². The molecule has 4 amide bonds. The quantitative estimate of drug-likeness (QED) is 0.434. The number of amides is 4. The summed E-state index contributed by atoms with van der Waals surface area (Å²) in [5.41, 5.74) is 1.44. The number of hydrogen-bond donors (Lipinski definition) is 3. The number of nitrogens with one attached hydrogen (secondary N) is 2. The molecule has 0 aromatic heterocycles. The van der Waals surface area contributed by atoms with E-state index in [1.165, 1.54) is 12.5 Å². The third kappa shape index (κ3) is 3.97. The molecule has 0 saturated carbocycles. The summed E-state index contributed by atoms with van der Waals surface area (Å²) in [6.07, 6.45) is -0.255. The Hall–Kier alpha value is -1.67. The van der Waals surface area contributed by atoms with E-state index in [2.05, 4.69) is 5.32 Å². The van der Waals surface area contributed by atoms with Crippen molar-refractivity contribution in [1.29, 1.82) is 0 Å². The van der Waals surface area contributed by atoms with Crippen LogP contribution in [0.2, 0.25) is 0 Å². The van der Waals surface area contributed by atoms with Gasteiger partial charge in [-0.2, -0.15) is 0 Å². The molecule has 1 rings (SSSR count). The van der Waals surface area contributed by atoms with Gasteiger partial charge in [-0.15, -0.1) is 0 Å². The summed E-state index contributed by atoms with van der Waals surface area (Å²) in [4.78, 5) is 36.9. The van der Waals surface area contributed by atoms with E-state index in [-0.39, 0.29) is 18.9 Å². The fraction of sp³-hybridized carbons (Fsp3) is 0.700. The van der Waals surface area contributed by atoms with Crippen LogP contribution in [0.4, 0.5) is 4.79 Å². The maximum atomic E-state index is 11.9. The van der Waals surface area contributed by atoms with Crippen molar-refractivity contribution in [2.75, 3.05) is 33.2 Å². The van der Waals surface area contributed by atoms with Crippen LogP contribution in [0.5, 0.6) is 0 Å².